The van der Waals surface area contributed by atoms with Crippen molar-refractivity contribution in [2.24, 2.45) is 5.92 Å². The number of hydrogen-bond acceptors (Lipinski definition) is 6. The fraction of sp³-hybridized carbons (Fsp3) is 0.333. The van der Waals surface area contributed by atoms with Crippen molar-refractivity contribution in [3.63, 3.8) is 0 Å². The van der Waals surface area contributed by atoms with Gasteiger partial charge in [0.15, 0.2) is 6.61 Å². The molecule has 3 rings (SSSR count). The molecule has 0 bridgehead atoms. The Morgan fingerprint density at radius 1 is 1.41 bits per heavy atom. The van der Waals surface area contributed by atoms with Crippen molar-refractivity contribution in [1.29, 1.82) is 0 Å². The maximum absolute atomic E-state index is 12.2. The fourth-order valence-electron chi connectivity index (χ4n) is 2.96. The predicted octanol–water partition coefficient (Wildman–Crippen LogP) is 4.23. The summed E-state index contributed by atoms with van der Waals surface area (Å²) in [5, 5.41) is 13.6. The number of halogens is 1. The molecular formula is C18H17ClN2O5S. The Labute approximate surface area is 164 Å². The molecule has 27 heavy (non-hydrogen) atoms. The highest BCUT2D eigenvalue weighted by Crippen LogP contribution is 2.32. The Hall–Kier alpha value is -2.45. The first-order chi connectivity index (χ1) is 12.8. The zero-order chi connectivity index (χ0) is 19.6. The van der Waals surface area contributed by atoms with Gasteiger partial charge in [-0.25, -0.2) is 4.79 Å². The summed E-state index contributed by atoms with van der Waals surface area (Å²) in [6.07, 6.45) is 2.99. The number of anilines is 1. The van der Waals surface area contributed by atoms with E-state index in [2.05, 4.69) is 12.2 Å². The third-order valence-electron chi connectivity index (χ3n) is 4.29. The largest absolute Gasteiger partial charge is 0.451 e. The van der Waals surface area contributed by atoms with Crippen LogP contribution in [0.5, 0.6) is 0 Å². The highest BCUT2D eigenvalue weighted by molar-refractivity contribution is 7.14. The molecule has 1 aliphatic rings. The van der Waals surface area contributed by atoms with Crippen molar-refractivity contribution >= 4 is 46.2 Å². The van der Waals surface area contributed by atoms with Gasteiger partial charge in [-0.3, -0.25) is 14.9 Å². The smallest absolute Gasteiger partial charge is 0.348 e. The van der Waals surface area contributed by atoms with Gasteiger partial charge >= 0.3 is 5.97 Å². The Balaban J connectivity index is 1.61. The van der Waals surface area contributed by atoms with Gasteiger partial charge in [-0.1, -0.05) is 18.5 Å². The number of ether oxygens (including phenoxy) is 1. The number of rotatable bonds is 5. The minimum absolute atomic E-state index is 0.0471. The topological polar surface area (TPSA) is 98.5 Å². The molecule has 1 aromatic carbocycles. The van der Waals surface area contributed by atoms with Gasteiger partial charge in [-0.2, -0.15) is 0 Å². The quantitative estimate of drug-likeness (QED) is 0.453. The number of benzene rings is 1. The van der Waals surface area contributed by atoms with Crippen LogP contribution in [0.15, 0.2) is 24.3 Å². The number of hydrogen-bond donors (Lipinski definition) is 1. The zero-order valence-corrected chi connectivity index (χ0v) is 16.1. The number of thiophene rings is 1. The van der Waals surface area contributed by atoms with E-state index in [0.29, 0.717) is 10.8 Å². The summed E-state index contributed by atoms with van der Waals surface area (Å²) >= 11 is 7.21. The summed E-state index contributed by atoms with van der Waals surface area (Å²) in [5.74, 6) is -0.656. The van der Waals surface area contributed by atoms with Gasteiger partial charge in [0.05, 0.1) is 4.92 Å². The molecule has 1 N–H and O–H groups in total. The van der Waals surface area contributed by atoms with Crippen LogP contribution in [0.2, 0.25) is 5.02 Å². The van der Waals surface area contributed by atoms with Gasteiger partial charge in [-0.15, -0.1) is 11.3 Å². The second kappa shape index (κ2) is 8.06. The summed E-state index contributed by atoms with van der Waals surface area (Å²) in [4.78, 5) is 36.3. The highest BCUT2D eigenvalue weighted by atomic mass is 35.5. The Kier molecular flexibility index (Phi) is 5.76. The monoisotopic (exact) mass is 408 g/mol. The third kappa shape index (κ3) is 4.64. The Morgan fingerprint density at radius 2 is 2.19 bits per heavy atom. The molecule has 1 heterocycles. The molecule has 1 amide bonds. The van der Waals surface area contributed by atoms with Crippen LogP contribution in [0, 0.1) is 16.0 Å². The van der Waals surface area contributed by atoms with Crippen molar-refractivity contribution < 1.29 is 19.2 Å². The van der Waals surface area contributed by atoms with Crippen LogP contribution in [0.3, 0.4) is 0 Å². The summed E-state index contributed by atoms with van der Waals surface area (Å²) in [6, 6.07) is 5.65. The molecule has 0 unspecified atom stereocenters. The van der Waals surface area contributed by atoms with Crippen LogP contribution >= 0.6 is 22.9 Å². The molecule has 1 aromatic heterocycles. The molecule has 142 valence electrons. The lowest BCUT2D eigenvalue weighted by Gasteiger charge is -2.16. The lowest BCUT2D eigenvalue weighted by atomic mass is 9.90. The lowest BCUT2D eigenvalue weighted by Crippen LogP contribution is -2.21. The molecule has 2 aromatic rings. The van der Waals surface area contributed by atoms with E-state index < -0.39 is 23.4 Å². The maximum atomic E-state index is 12.2. The first-order valence-electron chi connectivity index (χ1n) is 8.36. The van der Waals surface area contributed by atoms with Crippen molar-refractivity contribution in [3.8, 4) is 0 Å². The first kappa shape index (κ1) is 19.3. The molecule has 9 heteroatoms. The number of fused-ring (bicyclic) bond motifs is 1. The van der Waals surface area contributed by atoms with E-state index in [1.54, 1.807) is 0 Å². The number of carbonyl (C=O) groups is 2. The normalized spacial score (nSPS) is 15.7. The van der Waals surface area contributed by atoms with Crippen molar-refractivity contribution in [2.45, 2.75) is 26.2 Å². The number of esters is 1. The molecule has 0 saturated heterocycles. The van der Waals surface area contributed by atoms with E-state index >= 15 is 0 Å². The molecule has 7 nitrogen and oxygen atoms in total. The molecule has 0 saturated carbocycles. The molecule has 0 fully saturated rings. The van der Waals surface area contributed by atoms with E-state index in [-0.39, 0.29) is 16.4 Å². The number of nitrogens with zero attached hydrogens (tertiary/aromatic N) is 1. The maximum Gasteiger partial charge on any atom is 0.348 e. The zero-order valence-electron chi connectivity index (χ0n) is 14.5. The van der Waals surface area contributed by atoms with Crippen molar-refractivity contribution in [3.05, 3.63) is 54.7 Å². The number of nitro groups is 1. The van der Waals surface area contributed by atoms with Gasteiger partial charge in [0.1, 0.15) is 10.6 Å². The highest BCUT2D eigenvalue weighted by Gasteiger charge is 2.22. The van der Waals surface area contributed by atoms with Crippen molar-refractivity contribution in [1.82, 2.24) is 0 Å². The Morgan fingerprint density at radius 3 is 2.93 bits per heavy atom. The summed E-state index contributed by atoms with van der Waals surface area (Å²) < 4.78 is 5.05. The molecule has 1 atom stereocenters. The van der Waals surface area contributed by atoms with Gasteiger partial charge in [-0.05, 0) is 48.9 Å². The first-order valence-corrected chi connectivity index (χ1v) is 9.55. The van der Waals surface area contributed by atoms with Crippen LogP contribution in [-0.2, 0) is 22.4 Å². The van der Waals surface area contributed by atoms with E-state index in [1.165, 1.54) is 40.0 Å². The van der Waals surface area contributed by atoms with Gasteiger partial charge < -0.3 is 10.1 Å². The van der Waals surface area contributed by atoms with Gasteiger partial charge in [0, 0.05) is 16.0 Å². The van der Waals surface area contributed by atoms with E-state index in [0.717, 1.165) is 19.3 Å². The third-order valence-corrected chi connectivity index (χ3v) is 5.75. The van der Waals surface area contributed by atoms with E-state index in [1.807, 2.05) is 6.07 Å². The predicted molar refractivity (Wildman–Crippen MR) is 103 cm³/mol. The molecule has 1 aliphatic carbocycles. The standard InChI is InChI=1S/C18H17ClN2O5S/c1-10-2-5-15-11(6-10)7-16(27-15)18(23)26-9-17(22)20-13-8-12(19)3-4-14(13)21(24)25/h3-4,7-8,10H,2,5-6,9H2,1H3,(H,20,22)/t10-/m0/s1. The second-order valence-corrected chi connectivity index (χ2v) is 8.02. The Bertz CT molecular complexity index is 911. The van der Waals surface area contributed by atoms with Crippen LogP contribution in [0.25, 0.3) is 0 Å². The average Bonchev–Trinajstić information content (AvgIpc) is 3.02. The number of nitro benzene ring substituents is 1. The van der Waals surface area contributed by atoms with E-state index in [9.17, 15) is 19.7 Å². The minimum atomic E-state index is -0.677. The van der Waals surface area contributed by atoms with Crippen LogP contribution < -0.4 is 5.32 Å². The molecule has 0 radical (unpaired) electrons. The van der Waals surface area contributed by atoms with Gasteiger partial charge in [0.25, 0.3) is 11.6 Å². The van der Waals surface area contributed by atoms with Crippen LogP contribution in [0.1, 0.15) is 33.5 Å². The number of carbonyl (C=O) groups excluding carboxylic acids is 2. The SMILES string of the molecule is C[C@H]1CCc2sc(C(=O)OCC(=O)Nc3cc(Cl)ccc3[N+](=O)[O-])cc2C1. The number of aryl methyl sites for hydroxylation is 1. The van der Waals surface area contributed by atoms with Gasteiger partial charge in [0.2, 0.25) is 0 Å². The van der Waals surface area contributed by atoms with Crippen molar-refractivity contribution in [2.75, 3.05) is 11.9 Å². The summed E-state index contributed by atoms with van der Waals surface area (Å²) in [6.45, 7) is 1.64. The number of nitrogens with one attached hydrogen (secondary N) is 1. The molecule has 0 spiro atoms. The summed E-state index contributed by atoms with van der Waals surface area (Å²) in [7, 11) is 0. The van der Waals surface area contributed by atoms with Crippen LogP contribution in [-0.4, -0.2) is 23.4 Å². The molecule has 0 aliphatic heterocycles. The summed E-state index contributed by atoms with van der Waals surface area (Å²) in [5.41, 5.74) is 0.831. The molecular weight excluding hydrogens is 392 g/mol. The fourth-order valence-corrected chi connectivity index (χ4v) is 4.24. The number of amides is 1. The van der Waals surface area contributed by atoms with E-state index in [4.69, 9.17) is 16.3 Å². The lowest BCUT2D eigenvalue weighted by molar-refractivity contribution is -0.383. The van der Waals surface area contributed by atoms with Crippen LogP contribution in [0.4, 0.5) is 11.4 Å². The minimum Gasteiger partial charge on any atom is -0.451 e. The average molecular weight is 409 g/mol. The second-order valence-electron chi connectivity index (χ2n) is 6.45.